The van der Waals surface area contributed by atoms with Crippen LogP contribution in [0.3, 0.4) is 0 Å². The average molecular weight is 443 g/mol. The van der Waals surface area contributed by atoms with Gasteiger partial charge in [-0.2, -0.15) is 0 Å². The molecule has 0 radical (unpaired) electrons. The van der Waals surface area contributed by atoms with Gasteiger partial charge in [-0.05, 0) is 12.5 Å². The van der Waals surface area contributed by atoms with Crippen molar-refractivity contribution in [3.63, 3.8) is 0 Å². The molecule has 1 amide bonds. The highest BCUT2D eigenvalue weighted by Crippen LogP contribution is 2.49. The number of benzene rings is 2. The smallest absolute Gasteiger partial charge is 0.411 e. The number of rotatable bonds is 9. The van der Waals surface area contributed by atoms with E-state index in [1.54, 1.807) is 34.5 Å². The van der Waals surface area contributed by atoms with Gasteiger partial charge in [0.15, 0.2) is 11.5 Å². The molecular formula is C24H29NO7. The molecule has 0 saturated heterocycles. The minimum absolute atomic E-state index is 0.0494. The maximum atomic E-state index is 12.1. The van der Waals surface area contributed by atoms with Crippen LogP contribution in [0.5, 0.6) is 23.0 Å². The van der Waals surface area contributed by atoms with E-state index in [0.29, 0.717) is 41.7 Å². The Morgan fingerprint density at radius 2 is 1.94 bits per heavy atom. The second-order valence-electron chi connectivity index (χ2n) is 7.15. The van der Waals surface area contributed by atoms with Gasteiger partial charge in [-0.1, -0.05) is 30.9 Å². The average Bonchev–Trinajstić information content (AvgIpc) is 2.82. The highest BCUT2D eigenvalue weighted by Gasteiger charge is 2.34. The summed E-state index contributed by atoms with van der Waals surface area (Å²) >= 11 is 0. The van der Waals surface area contributed by atoms with Crippen LogP contribution < -0.4 is 24.3 Å². The van der Waals surface area contributed by atoms with Gasteiger partial charge in [0.05, 0.1) is 34.0 Å². The lowest BCUT2D eigenvalue weighted by Gasteiger charge is -2.33. The molecule has 0 aromatic heterocycles. The summed E-state index contributed by atoms with van der Waals surface area (Å²) in [6.45, 7) is 4.09. The van der Waals surface area contributed by atoms with Crippen molar-refractivity contribution < 1.29 is 33.2 Å². The molecule has 1 aliphatic rings. The number of anilines is 1. The van der Waals surface area contributed by atoms with E-state index in [4.69, 9.17) is 28.4 Å². The van der Waals surface area contributed by atoms with Crippen molar-refractivity contribution in [2.45, 2.75) is 12.5 Å². The summed E-state index contributed by atoms with van der Waals surface area (Å²) in [5.41, 5.74) is 2.31. The van der Waals surface area contributed by atoms with E-state index >= 15 is 0 Å². The molecule has 3 rings (SSSR count). The first kappa shape index (κ1) is 23.3. The number of fused-ring (bicyclic) bond motifs is 1. The molecule has 0 aliphatic carbocycles. The van der Waals surface area contributed by atoms with Crippen LogP contribution in [0.1, 0.15) is 17.2 Å². The molecule has 0 bridgehead atoms. The summed E-state index contributed by atoms with van der Waals surface area (Å²) in [7, 11) is 6.36. The zero-order valence-corrected chi connectivity index (χ0v) is 18.8. The van der Waals surface area contributed by atoms with E-state index in [-0.39, 0.29) is 18.6 Å². The van der Waals surface area contributed by atoms with Gasteiger partial charge in [0, 0.05) is 35.9 Å². The van der Waals surface area contributed by atoms with Crippen molar-refractivity contribution in [3.05, 3.63) is 54.1 Å². The Morgan fingerprint density at radius 1 is 1.19 bits per heavy atom. The Labute approximate surface area is 188 Å². The number of methoxy groups -OCH3 is 4. The molecule has 0 fully saturated rings. The molecule has 0 saturated carbocycles. The zero-order valence-electron chi connectivity index (χ0n) is 18.8. The molecular weight excluding hydrogens is 414 g/mol. The monoisotopic (exact) mass is 443 g/mol. The Bertz CT molecular complexity index is 960. The molecule has 1 N–H and O–H groups in total. The highest BCUT2D eigenvalue weighted by atomic mass is 16.5. The number of nitrogens with one attached hydrogen (secondary N) is 1. The van der Waals surface area contributed by atoms with Crippen molar-refractivity contribution in [2.24, 2.45) is 5.92 Å². The number of carbonyl (C=O) groups excluding carboxylic acids is 1. The largest absolute Gasteiger partial charge is 0.493 e. The Balaban J connectivity index is 1.92. The number of hydrogen-bond donors (Lipinski definition) is 1. The van der Waals surface area contributed by atoms with Gasteiger partial charge in [0.25, 0.3) is 0 Å². The van der Waals surface area contributed by atoms with Crippen molar-refractivity contribution >= 4 is 11.8 Å². The van der Waals surface area contributed by atoms with Gasteiger partial charge < -0.3 is 28.4 Å². The summed E-state index contributed by atoms with van der Waals surface area (Å²) in [5.74, 6) is 2.26. The number of para-hydroxylation sites is 1. The van der Waals surface area contributed by atoms with Crippen LogP contribution in [0, 0.1) is 5.92 Å². The van der Waals surface area contributed by atoms with E-state index in [1.807, 2.05) is 24.3 Å². The SMILES string of the molecule is C=CCOC(=O)Nc1ccccc1C(OC)C1COc2cc(OC)c(OC)c(OC)c2C1. The third-order valence-electron chi connectivity index (χ3n) is 5.33. The van der Waals surface area contributed by atoms with E-state index in [0.717, 1.165) is 11.1 Å². The van der Waals surface area contributed by atoms with Gasteiger partial charge in [0.1, 0.15) is 12.4 Å². The van der Waals surface area contributed by atoms with Crippen LogP contribution >= 0.6 is 0 Å². The third-order valence-corrected chi connectivity index (χ3v) is 5.33. The maximum Gasteiger partial charge on any atom is 0.411 e. The van der Waals surface area contributed by atoms with Crippen molar-refractivity contribution in [1.29, 1.82) is 0 Å². The lowest BCUT2D eigenvalue weighted by atomic mass is 9.87. The van der Waals surface area contributed by atoms with Crippen LogP contribution in [-0.4, -0.2) is 47.7 Å². The van der Waals surface area contributed by atoms with Crippen molar-refractivity contribution in [2.75, 3.05) is 47.0 Å². The van der Waals surface area contributed by atoms with Gasteiger partial charge in [-0.25, -0.2) is 4.79 Å². The van der Waals surface area contributed by atoms with Gasteiger partial charge >= 0.3 is 6.09 Å². The summed E-state index contributed by atoms with van der Waals surface area (Å²) in [5, 5.41) is 2.78. The van der Waals surface area contributed by atoms with Gasteiger partial charge in [0.2, 0.25) is 5.75 Å². The minimum Gasteiger partial charge on any atom is -0.493 e. The fraction of sp³-hybridized carbons (Fsp3) is 0.375. The quantitative estimate of drug-likeness (QED) is 0.576. The Kier molecular flexibility index (Phi) is 7.83. The molecule has 1 aliphatic heterocycles. The van der Waals surface area contributed by atoms with Crippen LogP contribution in [-0.2, 0) is 15.9 Å². The standard InChI is InChI=1S/C24H29NO7/c1-6-11-31-24(26)25-18-10-8-7-9-16(18)21(28-3)15-12-17-19(32-14-15)13-20(27-2)23(30-5)22(17)29-4/h6-10,13,15,21H,1,11-12,14H2,2-5H3,(H,25,26). The molecule has 0 spiro atoms. The molecule has 2 aromatic carbocycles. The molecule has 2 unspecified atom stereocenters. The first-order chi connectivity index (χ1) is 15.6. The summed E-state index contributed by atoms with van der Waals surface area (Å²) in [4.78, 5) is 12.1. The molecule has 32 heavy (non-hydrogen) atoms. The van der Waals surface area contributed by atoms with Crippen LogP contribution in [0.2, 0.25) is 0 Å². The zero-order chi connectivity index (χ0) is 23.1. The van der Waals surface area contributed by atoms with E-state index < -0.39 is 6.09 Å². The minimum atomic E-state index is -0.559. The molecule has 8 nitrogen and oxygen atoms in total. The molecule has 2 atom stereocenters. The normalized spacial score (nSPS) is 15.6. The number of carbonyl (C=O) groups is 1. The lowest BCUT2D eigenvalue weighted by molar-refractivity contribution is 0.0231. The number of ether oxygens (including phenoxy) is 6. The fourth-order valence-electron chi connectivity index (χ4n) is 3.94. The van der Waals surface area contributed by atoms with Crippen LogP contribution in [0.15, 0.2) is 43.0 Å². The van der Waals surface area contributed by atoms with Gasteiger partial charge in [-0.3, -0.25) is 5.32 Å². The Morgan fingerprint density at radius 3 is 2.59 bits per heavy atom. The topological polar surface area (TPSA) is 84.5 Å². The second-order valence-corrected chi connectivity index (χ2v) is 7.15. The third kappa shape index (κ3) is 4.75. The molecule has 1 heterocycles. The van der Waals surface area contributed by atoms with Crippen LogP contribution in [0.4, 0.5) is 10.5 Å². The van der Waals surface area contributed by atoms with Crippen molar-refractivity contribution in [1.82, 2.24) is 0 Å². The first-order valence-corrected chi connectivity index (χ1v) is 10.2. The molecule has 172 valence electrons. The van der Waals surface area contributed by atoms with Crippen molar-refractivity contribution in [3.8, 4) is 23.0 Å². The van der Waals surface area contributed by atoms with Crippen LogP contribution in [0.25, 0.3) is 0 Å². The predicted octanol–water partition coefficient (Wildman–Crippen LogP) is 4.39. The number of amides is 1. The van der Waals surface area contributed by atoms with E-state index in [9.17, 15) is 4.79 Å². The van der Waals surface area contributed by atoms with E-state index in [1.165, 1.54) is 6.08 Å². The number of hydrogen-bond acceptors (Lipinski definition) is 7. The summed E-state index contributed by atoms with van der Waals surface area (Å²) < 4.78 is 33.6. The highest BCUT2D eigenvalue weighted by molar-refractivity contribution is 5.85. The molecule has 8 heteroatoms. The lowest BCUT2D eigenvalue weighted by Crippen LogP contribution is -2.29. The van der Waals surface area contributed by atoms with E-state index in [2.05, 4.69) is 11.9 Å². The second kappa shape index (κ2) is 10.8. The predicted molar refractivity (Wildman–Crippen MR) is 120 cm³/mol. The Hall–Kier alpha value is -3.39. The molecule has 2 aromatic rings. The first-order valence-electron chi connectivity index (χ1n) is 10.2. The fourth-order valence-corrected chi connectivity index (χ4v) is 3.94. The summed E-state index contributed by atoms with van der Waals surface area (Å²) in [6.07, 6.45) is 1.22. The maximum absolute atomic E-state index is 12.1. The summed E-state index contributed by atoms with van der Waals surface area (Å²) in [6, 6.07) is 9.26. The van der Waals surface area contributed by atoms with Gasteiger partial charge in [-0.15, -0.1) is 0 Å².